The predicted octanol–water partition coefficient (Wildman–Crippen LogP) is 1.38. The van der Waals surface area contributed by atoms with Gasteiger partial charge in [0.1, 0.15) is 0 Å². The SMILES string of the molecule is CCc1nn(C)cc1CNCC(=O)NC(C)(C)CC. The Kier molecular flexibility index (Phi) is 5.54. The van der Waals surface area contributed by atoms with Crippen molar-refractivity contribution < 1.29 is 4.79 Å². The first-order valence-corrected chi connectivity index (χ1v) is 6.91. The minimum Gasteiger partial charge on any atom is -0.350 e. The molecule has 0 aliphatic rings. The molecule has 0 fully saturated rings. The maximum absolute atomic E-state index is 11.8. The zero-order valence-corrected chi connectivity index (χ0v) is 12.7. The Balaban J connectivity index is 2.40. The highest BCUT2D eigenvalue weighted by atomic mass is 16.2. The molecule has 108 valence electrons. The van der Waals surface area contributed by atoms with Crippen molar-refractivity contribution in [3.63, 3.8) is 0 Å². The van der Waals surface area contributed by atoms with Gasteiger partial charge in [-0.05, 0) is 26.7 Å². The van der Waals surface area contributed by atoms with Crippen LogP contribution in [0.5, 0.6) is 0 Å². The van der Waals surface area contributed by atoms with Crippen molar-refractivity contribution in [2.45, 2.75) is 52.6 Å². The van der Waals surface area contributed by atoms with Gasteiger partial charge in [-0.1, -0.05) is 13.8 Å². The van der Waals surface area contributed by atoms with Gasteiger partial charge in [0.25, 0.3) is 0 Å². The lowest BCUT2D eigenvalue weighted by molar-refractivity contribution is -0.121. The van der Waals surface area contributed by atoms with Crippen molar-refractivity contribution in [3.8, 4) is 0 Å². The van der Waals surface area contributed by atoms with E-state index in [4.69, 9.17) is 0 Å². The van der Waals surface area contributed by atoms with E-state index in [1.165, 1.54) is 0 Å². The van der Waals surface area contributed by atoms with Gasteiger partial charge in [-0.3, -0.25) is 9.48 Å². The third kappa shape index (κ3) is 5.03. The average Bonchev–Trinajstić information content (AvgIpc) is 2.69. The smallest absolute Gasteiger partial charge is 0.234 e. The topological polar surface area (TPSA) is 59.0 Å². The molecule has 0 bridgehead atoms. The second kappa shape index (κ2) is 6.70. The van der Waals surface area contributed by atoms with Crippen LogP contribution in [0, 0.1) is 0 Å². The van der Waals surface area contributed by atoms with Crippen LogP contribution in [-0.2, 0) is 24.8 Å². The molecule has 0 radical (unpaired) electrons. The first-order valence-electron chi connectivity index (χ1n) is 6.91. The van der Waals surface area contributed by atoms with Crippen molar-refractivity contribution in [2.24, 2.45) is 7.05 Å². The van der Waals surface area contributed by atoms with Gasteiger partial charge in [-0.2, -0.15) is 5.10 Å². The van der Waals surface area contributed by atoms with E-state index < -0.39 is 0 Å². The Hall–Kier alpha value is -1.36. The second-order valence-corrected chi connectivity index (χ2v) is 5.52. The fraction of sp³-hybridized carbons (Fsp3) is 0.714. The molecule has 19 heavy (non-hydrogen) atoms. The summed E-state index contributed by atoms with van der Waals surface area (Å²) in [6, 6.07) is 0. The van der Waals surface area contributed by atoms with Gasteiger partial charge in [-0.25, -0.2) is 0 Å². The van der Waals surface area contributed by atoms with Gasteiger partial charge in [0.05, 0.1) is 12.2 Å². The summed E-state index contributed by atoms with van der Waals surface area (Å²) in [6.45, 7) is 9.22. The van der Waals surface area contributed by atoms with Gasteiger partial charge in [-0.15, -0.1) is 0 Å². The quantitative estimate of drug-likeness (QED) is 0.784. The van der Waals surface area contributed by atoms with Gasteiger partial charge >= 0.3 is 0 Å². The molecule has 0 spiro atoms. The molecule has 0 atom stereocenters. The average molecular weight is 266 g/mol. The van der Waals surface area contributed by atoms with Crippen molar-refractivity contribution in [3.05, 3.63) is 17.5 Å². The molecule has 1 aromatic rings. The number of nitrogens with zero attached hydrogens (tertiary/aromatic N) is 2. The van der Waals surface area contributed by atoms with Gasteiger partial charge in [0.15, 0.2) is 0 Å². The van der Waals surface area contributed by atoms with Gasteiger partial charge in [0.2, 0.25) is 5.91 Å². The highest BCUT2D eigenvalue weighted by molar-refractivity contribution is 5.78. The zero-order chi connectivity index (χ0) is 14.5. The van der Waals surface area contributed by atoms with E-state index in [-0.39, 0.29) is 11.4 Å². The molecule has 0 aromatic carbocycles. The van der Waals surface area contributed by atoms with Crippen LogP contribution in [0.1, 0.15) is 45.4 Å². The molecule has 1 rings (SSSR count). The molecular formula is C14H26N4O. The maximum Gasteiger partial charge on any atom is 0.234 e. The number of carbonyl (C=O) groups is 1. The standard InChI is InChI=1S/C14H26N4O/c1-6-12-11(10-18(5)17-12)8-15-9-13(19)16-14(3,4)7-2/h10,15H,6-9H2,1-5H3,(H,16,19). The molecule has 0 aliphatic carbocycles. The number of aryl methyl sites for hydroxylation is 2. The summed E-state index contributed by atoms with van der Waals surface area (Å²) >= 11 is 0. The molecule has 2 N–H and O–H groups in total. The summed E-state index contributed by atoms with van der Waals surface area (Å²) in [5.41, 5.74) is 2.11. The second-order valence-electron chi connectivity index (χ2n) is 5.52. The van der Waals surface area contributed by atoms with Gasteiger partial charge < -0.3 is 10.6 Å². The van der Waals surface area contributed by atoms with Crippen LogP contribution < -0.4 is 10.6 Å². The Bertz CT molecular complexity index is 423. The number of amides is 1. The van der Waals surface area contributed by atoms with Crippen molar-refractivity contribution in [1.82, 2.24) is 20.4 Å². The zero-order valence-electron chi connectivity index (χ0n) is 12.7. The minimum atomic E-state index is -0.137. The van der Waals surface area contributed by atoms with Crippen LogP contribution in [-0.4, -0.2) is 27.8 Å². The lowest BCUT2D eigenvalue weighted by atomic mass is 10.0. The van der Waals surface area contributed by atoms with Crippen molar-refractivity contribution in [1.29, 1.82) is 0 Å². The number of hydrogen-bond donors (Lipinski definition) is 2. The van der Waals surface area contributed by atoms with Crippen LogP contribution in [0.4, 0.5) is 0 Å². The summed E-state index contributed by atoms with van der Waals surface area (Å²) in [5.74, 6) is 0.0359. The molecule has 1 aromatic heterocycles. The summed E-state index contributed by atoms with van der Waals surface area (Å²) in [5, 5.41) is 10.6. The Morgan fingerprint density at radius 2 is 2.11 bits per heavy atom. The lowest BCUT2D eigenvalue weighted by Gasteiger charge is -2.24. The molecule has 1 heterocycles. The van der Waals surface area contributed by atoms with E-state index in [2.05, 4.69) is 29.6 Å². The van der Waals surface area contributed by atoms with E-state index >= 15 is 0 Å². The monoisotopic (exact) mass is 266 g/mol. The highest BCUT2D eigenvalue weighted by Gasteiger charge is 2.17. The number of nitrogens with one attached hydrogen (secondary N) is 2. The van der Waals surface area contributed by atoms with E-state index in [0.717, 1.165) is 24.1 Å². The fourth-order valence-corrected chi connectivity index (χ4v) is 1.85. The third-order valence-corrected chi connectivity index (χ3v) is 3.29. The molecule has 0 saturated heterocycles. The largest absolute Gasteiger partial charge is 0.350 e. The summed E-state index contributed by atoms with van der Waals surface area (Å²) in [4.78, 5) is 11.8. The van der Waals surface area contributed by atoms with Crippen LogP contribution in [0.3, 0.4) is 0 Å². The minimum absolute atomic E-state index is 0.0359. The summed E-state index contributed by atoms with van der Waals surface area (Å²) < 4.78 is 1.82. The normalized spacial score (nSPS) is 11.6. The Morgan fingerprint density at radius 1 is 1.42 bits per heavy atom. The van der Waals surface area contributed by atoms with Crippen molar-refractivity contribution >= 4 is 5.91 Å². The molecule has 0 saturated carbocycles. The van der Waals surface area contributed by atoms with Crippen LogP contribution in [0.15, 0.2) is 6.20 Å². The fourth-order valence-electron chi connectivity index (χ4n) is 1.85. The van der Waals surface area contributed by atoms with E-state index in [9.17, 15) is 4.79 Å². The Labute approximate surface area is 115 Å². The number of rotatable bonds is 7. The molecule has 5 heteroatoms. The molecule has 5 nitrogen and oxygen atoms in total. The predicted molar refractivity (Wildman–Crippen MR) is 76.8 cm³/mol. The lowest BCUT2D eigenvalue weighted by Crippen LogP contribution is -2.46. The van der Waals surface area contributed by atoms with Crippen molar-refractivity contribution in [2.75, 3.05) is 6.54 Å². The summed E-state index contributed by atoms with van der Waals surface area (Å²) in [6.07, 6.45) is 3.83. The molecule has 0 unspecified atom stereocenters. The maximum atomic E-state index is 11.8. The summed E-state index contributed by atoms with van der Waals surface area (Å²) in [7, 11) is 1.92. The first-order chi connectivity index (χ1) is 8.88. The molecule has 1 amide bonds. The molecular weight excluding hydrogens is 240 g/mol. The van der Waals surface area contributed by atoms with E-state index in [0.29, 0.717) is 13.1 Å². The van der Waals surface area contributed by atoms with E-state index in [1.54, 1.807) is 0 Å². The van der Waals surface area contributed by atoms with Crippen LogP contribution in [0.2, 0.25) is 0 Å². The van der Waals surface area contributed by atoms with Gasteiger partial charge in [0, 0.05) is 30.9 Å². The first kappa shape index (κ1) is 15.7. The number of aromatic nitrogens is 2. The Morgan fingerprint density at radius 3 is 2.68 bits per heavy atom. The third-order valence-electron chi connectivity index (χ3n) is 3.29. The van der Waals surface area contributed by atoms with E-state index in [1.807, 2.05) is 31.8 Å². The number of hydrogen-bond acceptors (Lipinski definition) is 3. The number of carbonyl (C=O) groups excluding carboxylic acids is 1. The van der Waals surface area contributed by atoms with Crippen LogP contribution >= 0.6 is 0 Å². The van der Waals surface area contributed by atoms with Crippen LogP contribution in [0.25, 0.3) is 0 Å². The highest BCUT2D eigenvalue weighted by Crippen LogP contribution is 2.07. The molecule has 0 aliphatic heterocycles.